The number of amides is 1. The molecule has 2 aromatic heterocycles. The van der Waals surface area contributed by atoms with Crippen LogP contribution in [0.3, 0.4) is 0 Å². The van der Waals surface area contributed by atoms with Gasteiger partial charge in [-0.05, 0) is 36.8 Å². The number of rotatable bonds is 7. The van der Waals surface area contributed by atoms with Crippen LogP contribution >= 0.6 is 0 Å². The van der Waals surface area contributed by atoms with Crippen LogP contribution in [0.1, 0.15) is 29.2 Å². The number of ether oxygens (including phenoxy) is 2. The molecule has 1 aliphatic heterocycles. The number of benzene rings is 2. The van der Waals surface area contributed by atoms with Gasteiger partial charge in [-0.2, -0.15) is 14.9 Å². The van der Waals surface area contributed by atoms with Crippen molar-refractivity contribution >= 4 is 11.7 Å². The van der Waals surface area contributed by atoms with E-state index >= 15 is 0 Å². The standard InChI is InChI=1S/C26H24N6O3/c1-4-11-35-20-10-5-7-17(12-20)21-14-23(33)29-25-24(21)16(2)31-32(25)26-28-22(15-27-30-26)18-8-6-9-19(13-18)34-3/h4-10,12-13,15,21H,1,11,14H2,2-3H3,(H,29,33). The zero-order chi connectivity index (χ0) is 24.4. The highest BCUT2D eigenvalue weighted by atomic mass is 16.5. The number of fused-ring (bicyclic) bond motifs is 1. The number of anilines is 1. The summed E-state index contributed by atoms with van der Waals surface area (Å²) in [6.07, 6.45) is 3.57. The molecule has 3 heterocycles. The van der Waals surface area contributed by atoms with Crippen LogP contribution < -0.4 is 14.8 Å². The van der Waals surface area contributed by atoms with Crippen LogP contribution in [0.25, 0.3) is 17.2 Å². The third-order valence-electron chi connectivity index (χ3n) is 5.83. The molecule has 0 saturated heterocycles. The number of aromatic nitrogens is 5. The lowest BCUT2D eigenvalue weighted by Crippen LogP contribution is -2.25. The lowest BCUT2D eigenvalue weighted by Gasteiger charge is -2.24. The molecule has 176 valence electrons. The quantitative estimate of drug-likeness (QED) is 0.408. The third-order valence-corrected chi connectivity index (χ3v) is 5.83. The number of carbonyl (C=O) groups excluding carboxylic acids is 1. The van der Waals surface area contributed by atoms with E-state index in [0.717, 1.165) is 28.1 Å². The second-order valence-electron chi connectivity index (χ2n) is 8.11. The number of nitrogens with zero attached hydrogens (tertiary/aromatic N) is 5. The lowest BCUT2D eigenvalue weighted by molar-refractivity contribution is -0.116. The molecule has 5 rings (SSSR count). The van der Waals surface area contributed by atoms with E-state index in [0.29, 0.717) is 30.3 Å². The Balaban J connectivity index is 1.56. The van der Waals surface area contributed by atoms with Gasteiger partial charge in [0, 0.05) is 23.5 Å². The largest absolute Gasteiger partial charge is 0.497 e. The zero-order valence-corrected chi connectivity index (χ0v) is 19.4. The Morgan fingerprint density at radius 3 is 2.86 bits per heavy atom. The SMILES string of the molecule is C=CCOc1cccc(C2CC(=O)Nc3c2c(C)nn3-c2nncc(-c3cccc(OC)c3)n2)c1. The molecule has 0 fully saturated rings. The van der Waals surface area contributed by atoms with E-state index in [1.807, 2.05) is 55.5 Å². The van der Waals surface area contributed by atoms with Gasteiger partial charge in [-0.3, -0.25) is 4.79 Å². The summed E-state index contributed by atoms with van der Waals surface area (Å²) >= 11 is 0. The molecule has 1 aliphatic rings. The number of nitrogens with one attached hydrogen (secondary N) is 1. The van der Waals surface area contributed by atoms with E-state index in [4.69, 9.17) is 9.47 Å². The minimum atomic E-state index is -0.186. The molecule has 1 amide bonds. The van der Waals surface area contributed by atoms with Crippen molar-refractivity contribution in [3.05, 3.63) is 84.2 Å². The van der Waals surface area contributed by atoms with E-state index in [9.17, 15) is 4.79 Å². The van der Waals surface area contributed by atoms with E-state index < -0.39 is 0 Å². The minimum absolute atomic E-state index is 0.113. The average molecular weight is 469 g/mol. The van der Waals surface area contributed by atoms with E-state index in [1.165, 1.54) is 0 Å². The fourth-order valence-electron chi connectivity index (χ4n) is 4.26. The van der Waals surface area contributed by atoms with Crippen LogP contribution in [0.5, 0.6) is 11.5 Å². The van der Waals surface area contributed by atoms with Crippen LogP contribution in [-0.4, -0.2) is 44.6 Å². The highest BCUT2D eigenvalue weighted by Crippen LogP contribution is 2.40. The first-order valence-corrected chi connectivity index (χ1v) is 11.1. The van der Waals surface area contributed by atoms with Gasteiger partial charge in [-0.15, -0.1) is 5.10 Å². The Bertz CT molecular complexity index is 1410. The smallest absolute Gasteiger partial charge is 0.272 e. The highest BCUT2D eigenvalue weighted by molar-refractivity contribution is 5.95. The van der Waals surface area contributed by atoms with Crippen molar-refractivity contribution < 1.29 is 14.3 Å². The van der Waals surface area contributed by atoms with Gasteiger partial charge in [0.1, 0.15) is 23.9 Å². The van der Waals surface area contributed by atoms with Crippen molar-refractivity contribution in [3.8, 4) is 28.7 Å². The van der Waals surface area contributed by atoms with Crippen LogP contribution in [0, 0.1) is 6.92 Å². The van der Waals surface area contributed by atoms with Gasteiger partial charge in [-0.1, -0.05) is 36.9 Å². The number of carbonyl (C=O) groups is 1. The van der Waals surface area contributed by atoms with Crippen molar-refractivity contribution in [2.45, 2.75) is 19.3 Å². The number of aryl methyl sites for hydroxylation is 1. The molecular formula is C26H24N6O3. The van der Waals surface area contributed by atoms with Crippen LogP contribution in [0.2, 0.25) is 0 Å². The summed E-state index contributed by atoms with van der Waals surface area (Å²) in [6.45, 7) is 6.01. The lowest BCUT2D eigenvalue weighted by atomic mass is 9.86. The van der Waals surface area contributed by atoms with Crippen molar-refractivity contribution in [1.82, 2.24) is 25.0 Å². The molecule has 0 spiro atoms. The molecule has 9 nitrogen and oxygen atoms in total. The first-order chi connectivity index (χ1) is 17.1. The van der Waals surface area contributed by atoms with Gasteiger partial charge >= 0.3 is 0 Å². The van der Waals surface area contributed by atoms with Crippen molar-refractivity contribution in [3.63, 3.8) is 0 Å². The summed E-state index contributed by atoms with van der Waals surface area (Å²) in [4.78, 5) is 17.4. The fourth-order valence-corrected chi connectivity index (χ4v) is 4.26. The Morgan fingerprint density at radius 1 is 1.20 bits per heavy atom. The highest BCUT2D eigenvalue weighted by Gasteiger charge is 2.33. The Hall–Kier alpha value is -4.53. The second-order valence-corrected chi connectivity index (χ2v) is 8.11. The first kappa shape index (κ1) is 22.3. The van der Waals surface area contributed by atoms with Crippen molar-refractivity contribution in [2.75, 3.05) is 19.0 Å². The topological polar surface area (TPSA) is 104 Å². The van der Waals surface area contributed by atoms with Gasteiger partial charge in [0.2, 0.25) is 5.91 Å². The molecule has 1 unspecified atom stereocenters. The van der Waals surface area contributed by atoms with Crippen LogP contribution in [-0.2, 0) is 4.79 Å². The minimum Gasteiger partial charge on any atom is -0.497 e. The number of methoxy groups -OCH3 is 1. The normalized spacial score (nSPS) is 14.7. The molecule has 2 aromatic carbocycles. The first-order valence-electron chi connectivity index (χ1n) is 11.1. The summed E-state index contributed by atoms with van der Waals surface area (Å²) in [5.41, 5.74) is 4.10. The maximum atomic E-state index is 12.8. The molecule has 1 atom stereocenters. The monoisotopic (exact) mass is 468 g/mol. The van der Waals surface area contributed by atoms with Gasteiger partial charge in [0.15, 0.2) is 0 Å². The van der Waals surface area contributed by atoms with E-state index in [2.05, 4.69) is 32.2 Å². The Labute approximate surface area is 202 Å². The third kappa shape index (κ3) is 4.35. The molecule has 1 N–H and O–H groups in total. The molecular weight excluding hydrogens is 444 g/mol. The molecule has 0 bridgehead atoms. The molecule has 9 heteroatoms. The Morgan fingerprint density at radius 2 is 2.03 bits per heavy atom. The molecule has 0 radical (unpaired) electrons. The predicted molar refractivity (Wildman–Crippen MR) is 131 cm³/mol. The van der Waals surface area contributed by atoms with Gasteiger partial charge < -0.3 is 14.8 Å². The second kappa shape index (κ2) is 9.38. The summed E-state index contributed by atoms with van der Waals surface area (Å²) < 4.78 is 12.6. The molecule has 0 saturated carbocycles. The van der Waals surface area contributed by atoms with E-state index in [1.54, 1.807) is 24.1 Å². The maximum Gasteiger partial charge on any atom is 0.272 e. The fraction of sp³-hybridized carbons (Fsp3) is 0.192. The number of hydrogen-bond acceptors (Lipinski definition) is 7. The Kier molecular flexibility index (Phi) is 5.97. The molecule has 0 aliphatic carbocycles. The zero-order valence-electron chi connectivity index (χ0n) is 19.4. The van der Waals surface area contributed by atoms with Gasteiger partial charge in [-0.25, -0.2) is 4.98 Å². The van der Waals surface area contributed by atoms with Gasteiger partial charge in [0.25, 0.3) is 5.95 Å². The van der Waals surface area contributed by atoms with Crippen LogP contribution in [0.15, 0.2) is 67.4 Å². The summed E-state index contributed by atoms with van der Waals surface area (Å²) in [7, 11) is 1.61. The molecule has 35 heavy (non-hydrogen) atoms. The molecule has 4 aromatic rings. The van der Waals surface area contributed by atoms with Crippen molar-refractivity contribution in [2.24, 2.45) is 0 Å². The van der Waals surface area contributed by atoms with E-state index in [-0.39, 0.29) is 17.8 Å². The summed E-state index contributed by atoms with van der Waals surface area (Å²) in [5.74, 6) is 1.94. The summed E-state index contributed by atoms with van der Waals surface area (Å²) in [5, 5.41) is 16.0. The van der Waals surface area contributed by atoms with Gasteiger partial charge in [0.05, 0.1) is 24.7 Å². The van der Waals surface area contributed by atoms with Crippen LogP contribution in [0.4, 0.5) is 5.82 Å². The number of hydrogen-bond donors (Lipinski definition) is 1. The predicted octanol–water partition coefficient (Wildman–Crippen LogP) is 4.08. The maximum absolute atomic E-state index is 12.8. The average Bonchev–Trinajstić information content (AvgIpc) is 3.23. The summed E-state index contributed by atoms with van der Waals surface area (Å²) in [6, 6.07) is 15.3. The van der Waals surface area contributed by atoms with Crippen molar-refractivity contribution in [1.29, 1.82) is 0 Å².